The minimum atomic E-state index is -0.315. The van der Waals surface area contributed by atoms with Crippen molar-refractivity contribution in [3.63, 3.8) is 0 Å². The number of anilines is 1. The van der Waals surface area contributed by atoms with Gasteiger partial charge in [0.15, 0.2) is 0 Å². The van der Waals surface area contributed by atoms with Gasteiger partial charge in [0.2, 0.25) is 0 Å². The Labute approximate surface area is 104 Å². The highest BCUT2D eigenvalue weighted by atomic mass is 32.2. The van der Waals surface area contributed by atoms with E-state index in [1.54, 1.807) is 17.5 Å². The lowest BCUT2D eigenvalue weighted by Crippen LogP contribution is -2.03. The number of aryl methyl sites for hydroxylation is 1. The van der Waals surface area contributed by atoms with E-state index in [9.17, 15) is 4.79 Å². The Bertz CT molecular complexity index is 410. The molecule has 1 rings (SSSR count). The van der Waals surface area contributed by atoms with Crippen molar-refractivity contribution in [1.29, 1.82) is 0 Å². The van der Waals surface area contributed by atoms with Gasteiger partial charge in [0.1, 0.15) is 4.91 Å². The van der Waals surface area contributed by atoms with Crippen LogP contribution < -0.4 is 5.32 Å². The Balaban J connectivity index is 2.78. The molecule has 16 heavy (non-hydrogen) atoms. The molecule has 0 amide bonds. The molecule has 1 aromatic rings. The molecule has 0 bridgehead atoms. The third kappa shape index (κ3) is 3.02. The third-order valence-electron chi connectivity index (χ3n) is 2.25. The molecule has 88 valence electrons. The Hall–Kier alpha value is -0.940. The largest absolute Gasteiger partial charge is 0.465 e. The van der Waals surface area contributed by atoms with Crippen LogP contribution in [0.2, 0.25) is 0 Å². The highest BCUT2D eigenvalue weighted by Gasteiger charge is 2.08. The quantitative estimate of drug-likeness (QED) is 0.664. The average molecular weight is 257 g/mol. The van der Waals surface area contributed by atoms with Crippen molar-refractivity contribution >= 4 is 34.8 Å². The van der Waals surface area contributed by atoms with Gasteiger partial charge < -0.3 is 10.1 Å². The van der Waals surface area contributed by atoms with Crippen LogP contribution in [-0.2, 0) is 9.53 Å². The highest BCUT2D eigenvalue weighted by molar-refractivity contribution is 8.03. The number of carbonyl (C=O) groups is 1. The van der Waals surface area contributed by atoms with Gasteiger partial charge in [-0.2, -0.15) is 0 Å². The van der Waals surface area contributed by atoms with Gasteiger partial charge in [-0.3, -0.25) is 0 Å². The topological polar surface area (TPSA) is 38.3 Å². The lowest BCUT2D eigenvalue weighted by molar-refractivity contribution is -0.135. The van der Waals surface area contributed by atoms with E-state index in [1.165, 1.54) is 29.3 Å². The first-order chi connectivity index (χ1) is 7.60. The number of hydrogen-bond acceptors (Lipinski definition) is 5. The SMILES string of the molecule is COC(=O)/C(=C/Nc1csc(C)c1C)SC. The van der Waals surface area contributed by atoms with Crippen LogP contribution in [0.4, 0.5) is 5.69 Å². The first kappa shape index (κ1) is 13.1. The van der Waals surface area contributed by atoms with E-state index in [2.05, 4.69) is 23.9 Å². The summed E-state index contributed by atoms with van der Waals surface area (Å²) in [7, 11) is 1.38. The second kappa shape index (κ2) is 5.96. The number of esters is 1. The molecule has 0 aromatic carbocycles. The number of thiophene rings is 1. The van der Waals surface area contributed by atoms with Crippen molar-refractivity contribution < 1.29 is 9.53 Å². The van der Waals surface area contributed by atoms with Gasteiger partial charge in [0.05, 0.1) is 12.8 Å². The summed E-state index contributed by atoms with van der Waals surface area (Å²) < 4.78 is 4.66. The molecule has 1 heterocycles. The third-order valence-corrected chi connectivity index (χ3v) is 3.99. The molecule has 0 spiro atoms. The zero-order valence-corrected chi connectivity index (χ0v) is 11.4. The second-order valence-corrected chi connectivity index (χ2v) is 5.11. The minimum Gasteiger partial charge on any atom is -0.465 e. The van der Waals surface area contributed by atoms with Gasteiger partial charge >= 0.3 is 5.97 Å². The summed E-state index contributed by atoms with van der Waals surface area (Å²) in [6.07, 6.45) is 3.53. The first-order valence-corrected chi connectivity index (χ1v) is 6.84. The lowest BCUT2D eigenvalue weighted by atomic mass is 10.2. The molecular formula is C11H15NO2S2. The fraction of sp³-hybridized carbons (Fsp3) is 0.364. The van der Waals surface area contributed by atoms with Crippen molar-refractivity contribution in [2.24, 2.45) is 0 Å². The maximum absolute atomic E-state index is 11.3. The summed E-state index contributed by atoms with van der Waals surface area (Å²) in [6, 6.07) is 0. The van der Waals surface area contributed by atoms with Gasteiger partial charge in [-0.15, -0.1) is 23.1 Å². The Morgan fingerprint density at radius 1 is 1.56 bits per heavy atom. The molecule has 5 heteroatoms. The Morgan fingerprint density at radius 3 is 2.69 bits per heavy atom. The summed E-state index contributed by atoms with van der Waals surface area (Å²) in [5, 5.41) is 5.16. The molecule has 0 aliphatic carbocycles. The second-order valence-electron chi connectivity index (χ2n) is 3.18. The lowest BCUT2D eigenvalue weighted by Gasteiger charge is -2.04. The average Bonchev–Trinajstić information content (AvgIpc) is 2.61. The fourth-order valence-electron chi connectivity index (χ4n) is 1.10. The first-order valence-electron chi connectivity index (χ1n) is 4.73. The molecule has 0 saturated carbocycles. The molecule has 1 aromatic heterocycles. The number of nitrogens with one attached hydrogen (secondary N) is 1. The number of carbonyl (C=O) groups excluding carboxylic acids is 1. The summed E-state index contributed by atoms with van der Waals surface area (Å²) in [6.45, 7) is 4.13. The molecule has 0 unspecified atom stereocenters. The minimum absolute atomic E-state index is 0.315. The van der Waals surface area contributed by atoms with Gasteiger partial charge in [0.25, 0.3) is 0 Å². The van der Waals surface area contributed by atoms with Gasteiger partial charge in [-0.1, -0.05) is 0 Å². The van der Waals surface area contributed by atoms with E-state index < -0.39 is 0 Å². The molecular weight excluding hydrogens is 242 g/mol. The highest BCUT2D eigenvalue weighted by Crippen LogP contribution is 2.26. The molecule has 0 fully saturated rings. The molecule has 1 N–H and O–H groups in total. The van der Waals surface area contributed by atoms with Gasteiger partial charge in [0, 0.05) is 16.5 Å². The van der Waals surface area contributed by atoms with Crippen molar-refractivity contribution in [1.82, 2.24) is 0 Å². The number of hydrogen-bond donors (Lipinski definition) is 1. The molecule has 0 radical (unpaired) electrons. The van der Waals surface area contributed by atoms with E-state index >= 15 is 0 Å². The van der Waals surface area contributed by atoms with E-state index in [1.807, 2.05) is 11.6 Å². The van der Waals surface area contributed by atoms with Crippen molar-refractivity contribution in [2.75, 3.05) is 18.7 Å². The number of rotatable bonds is 4. The van der Waals surface area contributed by atoms with Crippen LogP contribution in [0.3, 0.4) is 0 Å². The number of thioether (sulfide) groups is 1. The number of ether oxygens (including phenoxy) is 1. The predicted octanol–water partition coefficient (Wildman–Crippen LogP) is 3.15. The van der Waals surface area contributed by atoms with Crippen LogP contribution in [0.25, 0.3) is 0 Å². The van der Waals surface area contributed by atoms with Gasteiger partial charge in [-0.05, 0) is 25.7 Å². The van der Waals surface area contributed by atoms with E-state index in [0.29, 0.717) is 4.91 Å². The van der Waals surface area contributed by atoms with Crippen LogP contribution in [-0.4, -0.2) is 19.3 Å². The van der Waals surface area contributed by atoms with Crippen molar-refractivity contribution in [3.05, 3.63) is 26.9 Å². The van der Waals surface area contributed by atoms with E-state index in [-0.39, 0.29) is 5.97 Å². The summed E-state index contributed by atoms with van der Waals surface area (Å²) in [5.74, 6) is -0.315. The maximum atomic E-state index is 11.3. The summed E-state index contributed by atoms with van der Waals surface area (Å²) in [4.78, 5) is 13.1. The molecule has 0 aliphatic rings. The monoisotopic (exact) mass is 257 g/mol. The number of methoxy groups -OCH3 is 1. The zero-order valence-electron chi connectivity index (χ0n) is 9.79. The smallest absolute Gasteiger partial charge is 0.345 e. The van der Waals surface area contributed by atoms with E-state index in [4.69, 9.17) is 0 Å². The fourth-order valence-corrected chi connectivity index (χ4v) is 2.35. The van der Waals surface area contributed by atoms with Gasteiger partial charge in [-0.25, -0.2) is 4.79 Å². The summed E-state index contributed by atoms with van der Waals surface area (Å²) >= 11 is 3.05. The maximum Gasteiger partial charge on any atom is 0.345 e. The molecule has 0 aliphatic heterocycles. The standard InChI is InChI=1S/C11H15NO2S2/c1-7-8(2)16-6-9(7)12-5-10(15-4)11(13)14-3/h5-6,12H,1-4H3/b10-5-. The Kier molecular flexibility index (Phi) is 4.89. The van der Waals surface area contributed by atoms with E-state index in [0.717, 1.165) is 5.69 Å². The van der Waals surface area contributed by atoms with Crippen LogP contribution in [0, 0.1) is 13.8 Å². The molecule has 0 atom stereocenters. The van der Waals surface area contributed by atoms with Crippen LogP contribution in [0.5, 0.6) is 0 Å². The normalized spacial score (nSPS) is 11.4. The zero-order chi connectivity index (χ0) is 12.1. The summed E-state index contributed by atoms with van der Waals surface area (Å²) in [5.41, 5.74) is 2.25. The van der Waals surface area contributed by atoms with Crippen LogP contribution in [0.15, 0.2) is 16.5 Å². The van der Waals surface area contributed by atoms with Crippen molar-refractivity contribution in [2.45, 2.75) is 13.8 Å². The predicted molar refractivity (Wildman–Crippen MR) is 71.0 cm³/mol. The Morgan fingerprint density at radius 2 is 2.25 bits per heavy atom. The molecule has 3 nitrogen and oxygen atoms in total. The van der Waals surface area contributed by atoms with Crippen molar-refractivity contribution in [3.8, 4) is 0 Å². The van der Waals surface area contributed by atoms with Crippen LogP contribution in [0.1, 0.15) is 10.4 Å². The van der Waals surface area contributed by atoms with Crippen LogP contribution >= 0.6 is 23.1 Å². The molecule has 0 saturated heterocycles.